The smallest absolute Gasteiger partial charge is 0.123 e. The SMILES string of the molecule is C=C(c1ccc(F)cc1)c1ccccc1CO. The Hall–Kier alpha value is -1.93. The first kappa shape index (κ1) is 11.6. The van der Waals surface area contributed by atoms with E-state index in [4.69, 9.17) is 0 Å². The van der Waals surface area contributed by atoms with E-state index in [1.54, 1.807) is 12.1 Å². The third-order valence-corrected chi connectivity index (χ3v) is 2.71. The molecule has 2 heteroatoms. The van der Waals surface area contributed by atoms with Gasteiger partial charge in [0.25, 0.3) is 0 Å². The summed E-state index contributed by atoms with van der Waals surface area (Å²) in [5, 5.41) is 9.26. The third kappa shape index (κ3) is 2.43. The summed E-state index contributed by atoms with van der Waals surface area (Å²) in [6, 6.07) is 13.7. The fraction of sp³-hybridized carbons (Fsp3) is 0.0667. The monoisotopic (exact) mass is 228 g/mol. The van der Waals surface area contributed by atoms with Crippen molar-refractivity contribution in [1.29, 1.82) is 0 Å². The molecule has 0 spiro atoms. The standard InChI is InChI=1S/C15H13FO/c1-11(12-6-8-14(16)9-7-12)15-5-3-2-4-13(15)10-17/h2-9,17H,1,10H2. The van der Waals surface area contributed by atoms with E-state index < -0.39 is 0 Å². The quantitative estimate of drug-likeness (QED) is 0.853. The van der Waals surface area contributed by atoms with Crippen molar-refractivity contribution in [3.05, 3.63) is 77.6 Å². The summed E-state index contributed by atoms with van der Waals surface area (Å²) < 4.78 is 12.8. The van der Waals surface area contributed by atoms with Crippen LogP contribution in [0.5, 0.6) is 0 Å². The minimum Gasteiger partial charge on any atom is -0.392 e. The Morgan fingerprint density at radius 3 is 2.35 bits per heavy atom. The highest BCUT2D eigenvalue weighted by molar-refractivity contribution is 5.79. The van der Waals surface area contributed by atoms with Crippen molar-refractivity contribution in [3.63, 3.8) is 0 Å². The van der Waals surface area contributed by atoms with Gasteiger partial charge in [0, 0.05) is 0 Å². The van der Waals surface area contributed by atoms with Crippen LogP contribution < -0.4 is 0 Å². The first-order chi connectivity index (χ1) is 8.22. The predicted molar refractivity (Wildman–Crippen MR) is 66.9 cm³/mol. The van der Waals surface area contributed by atoms with Crippen LogP contribution >= 0.6 is 0 Å². The van der Waals surface area contributed by atoms with Crippen molar-refractivity contribution < 1.29 is 9.50 Å². The van der Waals surface area contributed by atoms with Crippen molar-refractivity contribution in [2.24, 2.45) is 0 Å². The van der Waals surface area contributed by atoms with Gasteiger partial charge in [-0.15, -0.1) is 0 Å². The number of hydrogen-bond donors (Lipinski definition) is 1. The maximum atomic E-state index is 12.8. The van der Waals surface area contributed by atoms with Gasteiger partial charge in [0.15, 0.2) is 0 Å². The summed E-state index contributed by atoms with van der Waals surface area (Å²) in [7, 11) is 0. The zero-order valence-electron chi connectivity index (χ0n) is 9.36. The van der Waals surface area contributed by atoms with E-state index in [-0.39, 0.29) is 12.4 Å². The van der Waals surface area contributed by atoms with Crippen LogP contribution in [0.25, 0.3) is 5.57 Å². The number of aliphatic hydroxyl groups excluding tert-OH is 1. The van der Waals surface area contributed by atoms with Crippen LogP contribution in [0.1, 0.15) is 16.7 Å². The number of benzene rings is 2. The van der Waals surface area contributed by atoms with Gasteiger partial charge in [-0.2, -0.15) is 0 Å². The summed E-state index contributed by atoms with van der Waals surface area (Å²) in [5.41, 5.74) is 3.35. The van der Waals surface area contributed by atoms with E-state index in [0.29, 0.717) is 0 Å². The summed E-state index contributed by atoms with van der Waals surface area (Å²) in [4.78, 5) is 0. The Kier molecular flexibility index (Phi) is 3.35. The first-order valence-electron chi connectivity index (χ1n) is 5.36. The maximum absolute atomic E-state index is 12.8. The molecule has 86 valence electrons. The molecule has 0 radical (unpaired) electrons. The zero-order chi connectivity index (χ0) is 12.3. The third-order valence-electron chi connectivity index (χ3n) is 2.71. The zero-order valence-corrected chi connectivity index (χ0v) is 9.36. The van der Waals surface area contributed by atoms with Crippen molar-refractivity contribution in [2.45, 2.75) is 6.61 Å². The van der Waals surface area contributed by atoms with Crippen molar-refractivity contribution in [2.75, 3.05) is 0 Å². The number of rotatable bonds is 3. The number of halogens is 1. The molecule has 0 bridgehead atoms. The Bertz CT molecular complexity index is 529. The van der Waals surface area contributed by atoms with Crippen molar-refractivity contribution in [3.8, 4) is 0 Å². The molecule has 2 aromatic carbocycles. The minimum absolute atomic E-state index is 0.0314. The van der Waals surface area contributed by atoms with Gasteiger partial charge in [0.1, 0.15) is 5.82 Å². The van der Waals surface area contributed by atoms with Crippen molar-refractivity contribution in [1.82, 2.24) is 0 Å². The van der Waals surface area contributed by atoms with Gasteiger partial charge in [0.05, 0.1) is 6.61 Å². The second-order valence-electron chi connectivity index (χ2n) is 3.80. The molecule has 0 heterocycles. The van der Waals surface area contributed by atoms with Crippen LogP contribution in [0.15, 0.2) is 55.1 Å². The molecule has 0 aliphatic carbocycles. The van der Waals surface area contributed by atoms with Crippen molar-refractivity contribution >= 4 is 5.57 Å². The van der Waals surface area contributed by atoms with Gasteiger partial charge in [-0.1, -0.05) is 43.0 Å². The summed E-state index contributed by atoms with van der Waals surface area (Å²) in [6.45, 7) is 3.97. The Balaban J connectivity index is 2.40. The van der Waals surface area contributed by atoms with Gasteiger partial charge in [-0.05, 0) is 34.4 Å². The second-order valence-corrected chi connectivity index (χ2v) is 3.80. The van der Waals surface area contributed by atoms with Crippen LogP contribution in [0.3, 0.4) is 0 Å². The molecule has 17 heavy (non-hydrogen) atoms. The highest BCUT2D eigenvalue weighted by Gasteiger charge is 2.06. The number of aliphatic hydroxyl groups is 1. The van der Waals surface area contributed by atoms with Crippen LogP contribution in [-0.4, -0.2) is 5.11 Å². The molecule has 2 rings (SSSR count). The maximum Gasteiger partial charge on any atom is 0.123 e. The fourth-order valence-electron chi connectivity index (χ4n) is 1.76. The van der Waals surface area contributed by atoms with Gasteiger partial charge >= 0.3 is 0 Å². The number of hydrogen-bond acceptors (Lipinski definition) is 1. The predicted octanol–water partition coefficient (Wildman–Crippen LogP) is 3.38. The summed E-state index contributed by atoms with van der Waals surface area (Å²) in [6.07, 6.45) is 0. The van der Waals surface area contributed by atoms with E-state index >= 15 is 0 Å². The minimum atomic E-state index is -0.267. The average molecular weight is 228 g/mol. The molecule has 0 amide bonds. The van der Waals surface area contributed by atoms with Gasteiger partial charge in [-0.3, -0.25) is 0 Å². The van der Waals surface area contributed by atoms with Gasteiger partial charge in [-0.25, -0.2) is 4.39 Å². The normalized spacial score (nSPS) is 10.2. The van der Waals surface area contributed by atoms with Crippen LogP contribution in [0, 0.1) is 5.82 Å². The lowest BCUT2D eigenvalue weighted by molar-refractivity contribution is 0.281. The Labute approximate surface area is 99.9 Å². The lowest BCUT2D eigenvalue weighted by atomic mass is 9.95. The van der Waals surface area contributed by atoms with E-state index in [2.05, 4.69) is 6.58 Å². The van der Waals surface area contributed by atoms with E-state index in [1.165, 1.54) is 12.1 Å². The van der Waals surface area contributed by atoms with E-state index in [9.17, 15) is 9.50 Å². The molecular weight excluding hydrogens is 215 g/mol. The summed E-state index contributed by atoms with van der Waals surface area (Å²) in [5.74, 6) is -0.267. The van der Waals surface area contributed by atoms with Gasteiger partial charge < -0.3 is 5.11 Å². The lowest BCUT2D eigenvalue weighted by Gasteiger charge is -2.10. The molecule has 1 N–H and O–H groups in total. The molecule has 0 aromatic heterocycles. The highest BCUT2D eigenvalue weighted by atomic mass is 19.1. The summed E-state index contributed by atoms with van der Waals surface area (Å²) >= 11 is 0. The lowest BCUT2D eigenvalue weighted by Crippen LogP contribution is -1.94. The van der Waals surface area contributed by atoms with E-state index in [1.807, 2.05) is 24.3 Å². The molecule has 0 atom stereocenters. The topological polar surface area (TPSA) is 20.2 Å². The second kappa shape index (κ2) is 4.93. The van der Waals surface area contributed by atoms with Crippen LogP contribution in [0.4, 0.5) is 4.39 Å². The molecule has 0 saturated carbocycles. The average Bonchev–Trinajstić information content (AvgIpc) is 2.39. The molecule has 2 aromatic rings. The Morgan fingerprint density at radius 2 is 1.71 bits per heavy atom. The molecular formula is C15H13FO. The van der Waals surface area contributed by atoms with Gasteiger partial charge in [0.2, 0.25) is 0 Å². The largest absolute Gasteiger partial charge is 0.392 e. The van der Waals surface area contributed by atoms with Crippen LogP contribution in [-0.2, 0) is 6.61 Å². The molecule has 0 saturated heterocycles. The van der Waals surface area contributed by atoms with Crippen LogP contribution in [0.2, 0.25) is 0 Å². The molecule has 0 aliphatic rings. The molecule has 0 fully saturated rings. The van der Waals surface area contributed by atoms with E-state index in [0.717, 1.165) is 22.3 Å². The highest BCUT2D eigenvalue weighted by Crippen LogP contribution is 2.24. The molecule has 0 aliphatic heterocycles. The molecule has 1 nitrogen and oxygen atoms in total. The molecule has 0 unspecified atom stereocenters. The Morgan fingerprint density at radius 1 is 1.06 bits per heavy atom. The first-order valence-corrected chi connectivity index (χ1v) is 5.36. The fourth-order valence-corrected chi connectivity index (χ4v) is 1.76.